The van der Waals surface area contributed by atoms with E-state index in [1.165, 1.54) is 5.56 Å². The Morgan fingerprint density at radius 3 is 2.64 bits per heavy atom. The topological polar surface area (TPSA) is 35.5 Å². The highest BCUT2D eigenvalue weighted by atomic mass is 79.9. The molecule has 0 aliphatic heterocycles. The molecule has 1 aromatic rings. The summed E-state index contributed by atoms with van der Waals surface area (Å²) >= 11 is 3.51. The molecule has 0 aromatic heterocycles. The first-order chi connectivity index (χ1) is 10.6. The lowest BCUT2D eigenvalue weighted by molar-refractivity contribution is -0.143. The highest BCUT2D eigenvalue weighted by Crippen LogP contribution is 2.31. The predicted molar refractivity (Wildman–Crippen MR) is 91.1 cm³/mol. The summed E-state index contributed by atoms with van der Waals surface area (Å²) in [4.78, 5) is 11.4. The molecule has 0 heterocycles. The van der Waals surface area contributed by atoms with Gasteiger partial charge in [-0.05, 0) is 75.6 Å². The van der Waals surface area contributed by atoms with Crippen LogP contribution in [0.15, 0.2) is 22.7 Å². The SMILES string of the molecule is CCOC(=O)CC[C@H]1CC[C@H](Oc2ccc(Br)c(C)c2)CC1. The van der Waals surface area contributed by atoms with E-state index in [-0.39, 0.29) is 5.97 Å². The number of hydrogen-bond donors (Lipinski definition) is 0. The smallest absolute Gasteiger partial charge is 0.305 e. The molecule has 22 heavy (non-hydrogen) atoms. The Morgan fingerprint density at radius 1 is 1.27 bits per heavy atom. The van der Waals surface area contributed by atoms with Crippen molar-refractivity contribution in [1.82, 2.24) is 0 Å². The van der Waals surface area contributed by atoms with E-state index in [2.05, 4.69) is 28.9 Å². The molecule has 4 heteroatoms. The van der Waals surface area contributed by atoms with Gasteiger partial charge in [-0.1, -0.05) is 15.9 Å². The minimum absolute atomic E-state index is 0.0637. The van der Waals surface area contributed by atoms with Gasteiger partial charge >= 0.3 is 5.97 Å². The zero-order valence-electron chi connectivity index (χ0n) is 13.4. The maximum atomic E-state index is 11.4. The van der Waals surface area contributed by atoms with Crippen LogP contribution in [0.4, 0.5) is 0 Å². The van der Waals surface area contributed by atoms with Crippen LogP contribution in [0, 0.1) is 12.8 Å². The van der Waals surface area contributed by atoms with Gasteiger partial charge in [-0.3, -0.25) is 4.79 Å². The van der Waals surface area contributed by atoms with Crippen LogP contribution in [0.3, 0.4) is 0 Å². The molecule has 122 valence electrons. The highest BCUT2D eigenvalue weighted by Gasteiger charge is 2.23. The van der Waals surface area contributed by atoms with E-state index in [0.29, 0.717) is 25.0 Å². The van der Waals surface area contributed by atoms with Crippen molar-refractivity contribution in [2.75, 3.05) is 6.61 Å². The number of rotatable bonds is 6. The van der Waals surface area contributed by atoms with E-state index in [1.807, 2.05) is 19.1 Å². The van der Waals surface area contributed by atoms with Crippen molar-refractivity contribution < 1.29 is 14.3 Å². The van der Waals surface area contributed by atoms with Crippen LogP contribution in [0.25, 0.3) is 0 Å². The molecule has 3 nitrogen and oxygen atoms in total. The van der Waals surface area contributed by atoms with Crippen LogP contribution in [0.5, 0.6) is 5.75 Å². The van der Waals surface area contributed by atoms with E-state index in [1.54, 1.807) is 0 Å². The summed E-state index contributed by atoms with van der Waals surface area (Å²) in [6.45, 7) is 4.40. The second kappa shape index (κ2) is 8.56. The number of ether oxygens (including phenoxy) is 2. The Hall–Kier alpha value is -1.03. The lowest BCUT2D eigenvalue weighted by Crippen LogP contribution is -2.24. The molecule has 0 unspecified atom stereocenters. The summed E-state index contributed by atoms with van der Waals surface area (Å²) in [5.74, 6) is 1.53. The Bertz CT molecular complexity index is 493. The van der Waals surface area contributed by atoms with Crippen LogP contribution in [0.1, 0.15) is 51.0 Å². The summed E-state index contributed by atoms with van der Waals surface area (Å²) in [6.07, 6.45) is 6.22. The Labute approximate surface area is 141 Å². The minimum atomic E-state index is -0.0637. The van der Waals surface area contributed by atoms with Crippen LogP contribution in [-0.2, 0) is 9.53 Å². The van der Waals surface area contributed by atoms with Gasteiger partial charge in [0, 0.05) is 10.9 Å². The monoisotopic (exact) mass is 368 g/mol. The number of halogens is 1. The van der Waals surface area contributed by atoms with Crippen molar-refractivity contribution in [2.45, 2.75) is 58.5 Å². The molecule has 0 spiro atoms. The number of benzene rings is 1. The van der Waals surface area contributed by atoms with Gasteiger partial charge in [0.25, 0.3) is 0 Å². The number of esters is 1. The van der Waals surface area contributed by atoms with Gasteiger partial charge in [0.1, 0.15) is 5.75 Å². The van der Waals surface area contributed by atoms with Gasteiger partial charge in [0.05, 0.1) is 12.7 Å². The molecule has 0 amide bonds. The van der Waals surface area contributed by atoms with E-state index in [4.69, 9.17) is 9.47 Å². The minimum Gasteiger partial charge on any atom is -0.490 e. The molecule has 1 aromatic carbocycles. The molecule has 0 atom stereocenters. The number of aryl methyl sites for hydroxylation is 1. The van der Waals surface area contributed by atoms with E-state index < -0.39 is 0 Å². The van der Waals surface area contributed by atoms with Gasteiger partial charge in [-0.25, -0.2) is 0 Å². The average Bonchev–Trinajstić information content (AvgIpc) is 2.51. The van der Waals surface area contributed by atoms with Crippen LogP contribution >= 0.6 is 15.9 Å². The first-order valence-electron chi connectivity index (χ1n) is 8.17. The van der Waals surface area contributed by atoms with Gasteiger partial charge in [-0.2, -0.15) is 0 Å². The maximum absolute atomic E-state index is 11.4. The summed E-state index contributed by atoms with van der Waals surface area (Å²) in [5.41, 5.74) is 1.20. The molecule has 1 aliphatic carbocycles. The van der Waals surface area contributed by atoms with Gasteiger partial charge in [0.15, 0.2) is 0 Å². The zero-order chi connectivity index (χ0) is 15.9. The molecule has 0 bridgehead atoms. The molecule has 0 N–H and O–H groups in total. The first-order valence-corrected chi connectivity index (χ1v) is 8.96. The maximum Gasteiger partial charge on any atom is 0.305 e. The van der Waals surface area contributed by atoms with Crippen LogP contribution in [0.2, 0.25) is 0 Å². The molecular formula is C18H25BrO3. The van der Waals surface area contributed by atoms with Gasteiger partial charge in [0.2, 0.25) is 0 Å². The normalized spacial score (nSPS) is 21.4. The van der Waals surface area contributed by atoms with Crippen molar-refractivity contribution in [2.24, 2.45) is 5.92 Å². The zero-order valence-corrected chi connectivity index (χ0v) is 15.0. The fourth-order valence-corrected chi connectivity index (χ4v) is 3.22. The van der Waals surface area contributed by atoms with Gasteiger partial charge < -0.3 is 9.47 Å². The number of carbonyl (C=O) groups excluding carboxylic acids is 1. The van der Waals surface area contributed by atoms with E-state index in [0.717, 1.165) is 42.3 Å². The van der Waals surface area contributed by atoms with Crippen molar-refractivity contribution in [1.29, 1.82) is 0 Å². The predicted octanol–water partition coefficient (Wildman–Crippen LogP) is 5.04. The second-order valence-corrected chi connectivity index (χ2v) is 6.87. The molecular weight excluding hydrogens is 344 g/mol. The molecule has 1 fully saturated rings. The van der Waals surface area contributed by atoms with Crippen LogP contribution < -0.4 is 4.74 Å². The third-order valence-electron chi connectivity index (χ3n) is 4.29. The molecule has 1 aliphatic rings. The molecule has 1 saturated carbocycles. The third-order valence-corrected chi connectivity index (χ3v) is 5.18. The van der Waals surface area contributed by atoms with Crippen molar-refractivity contribution in [3.05, 3.63) is 28.2 Å². The average molecular weight is 369 g/mol. The summed E-state index contributed by atoms with van der Waals surface area (Å²) in [6, 6.07) is 6.14. The lowest BCUT2D eigenvalue weighted by atomic mass is 9.84. The quantitative estimate of drug-likeness (QED) is 0.659. The second-order valence-electron chi connectivity index (χ2n) is 6.02. The van der Waals surface area contributed by atoms with E-state index in [9.17, 15) is 4.79 Å². The van der Waals surface area contributed by atoms with Gasteiger partial charge in [-0.15, -0.1) is 0 Å². The fourth-order valence-electron chi connectivity index (χ4n) is 2.98. The highest BCUT2D eigenvalue weighted by molar-refractivity contribution is 9.10. The Balaban J connectivity index is 1.72. The van der Waals surface area contributed by atoms with Crippen molar-refractivity contribution >= 4 is 21.9 Å². The molecule has 2 rings (SSSR count). The van der Waals surface area contributed by atoms with Crippen LogP contribution in [-0.4, -0.2) is 18.7 Å². The standard InChI is InChI=1S/C18H25BrO3/c1-3-21-18(20)11-6-14-4-7-15(8-5-14)22-16-9-10-17(19)13(2)12-16/h9-10,12,14-15H,3-8,11H2,1-2H3/t14-,15-. The molecule has 0 saturated heterocycles. The Morgan fingerprint density at radius 2 is 2.00 bits per heavy atom. The largest absolute Gasteiger partial charge is 0.490 e. The van der Waals surface area contributed by atoms with Crippen molar-refractivity contribution in [3.8, 4) is 5.75 Å². The van der Waals surface area contributed by atoms with Crippen molar-refractivity contribution in [3.63, 3.8) is 0 Å². The lowest BCUT2D eigenvalue weighted by Gasteiger charge is -2.29. The summed E-state index contributed by atoms with van der Waals surface area (Å²) in [7, 11) is 0. The molecule has 0 radical (unpaired) electrons. The summed E-state index contributed by atoms with van der Waals surface area (Å²) < 4.78 is 12.2. The summed E-state index contributed by atoms with van der Waals surface area (Å²) in [5, 5.41) is 0. The first kappa shape index (κ1) is 17.3. The Kier molecular flexibility index (Phi) is 6.74. The number of carbonyl (C=O) groups is 1. The van der Waals surface area contributed by atoms with E-state index >= 15 is 0 Å². The number of hydrogen-bond acceptors (Lipinski definition) is 3. The fraction of sp³-hybridized carbons (Fsp3) is 0.611. The third kappa shape index (κ3) is 5.31.